The number of thiophene rings is 1. The molecule has 3 heterocycles. The van der Waals surface area contributed by atoms with Gasteiger partial charge >= 0.3 is 0 Å². The molecule has 6 nitrogen and oxygen atoms in total. The van der Waals surface area contributed by atoms with E-state index in [1.807, 2.05) is 53.6 Å². The lowest BCUT2D eigenvalue weighted by molar-refractivity contribution is 0.403. The van der Waals surface area contributed by atoms with E-state index in [4.69, 9.17) is 26.5 Å². The first kappa shape index (κ1) is 22.3. The zero-order valence-electron chi connectivity index (χ0n) is 19.3. The van der Waals surface area contributed by atoms with Crippen LogP contribution in [0.5, 0.6) is 5.75 Å². The van der Waals surface area contributed by atoms with Crippen molar-refractivity contribution < 1.29 is 9.26 Å². The number of nitrogens with zero attached hydrogens (tertiary/aromatic N) is 3. The molecule has 0 fully saturated rings. The first-order valence-corrected chi connectivity index (χ1v) is 12.1. The van der Waals surface area contributed by atoms with Gasteiger partial charge in [0.15, 0.2) is 5.11 Å². The summed E-state index contributed by atoms with van der Waals surface area (Å²) >= 11 is 7.44. The van der Waals surface area contributed by atoms with E-state index in [9.17, 15) is 0 Å². The smallest absolute Gasteiger partial charge is 0.258 e. The van der Waals surface area contributed by atoms with Crippen LogP contribution in [0.3, 0.4) is 0 Å². The van der Waals surface area contributed by atoms with Gasteiger partial charge in [0.25, 0.3) is 5.89 Å². The highest BCUT2D eigenvalue weighted by molar-refractivity contribution is 7.80. The minimum absolute atomic E-state index is 0.276. The van der Waals surface area contributed by atoms with Gasteiger partial charge in [-0.05, 0) is 85.4 Å². The van der Waals surface area contributed by atoms with Crippen molar-refractivity contribution in [2.24, 2.45) is 0 Å². The fraction of sp³-hybridized carbons (Fsp3) is 0.192. The van der Waals surface area contributed by atoms with E-state index >= 15 is 0 Å². The molecule has 34 heavy (non-hydrogen) atoms. The average molecular weight is 489 g/mol. The van der Waals surface area contributed by atoms with Crippen molar-refractivity contribution in [3.8, 4) is 16.5 Å². The highest BCUT2D eigenvalue weighted by Crippen LogP contribution is 2.40. The van der Waals surface area contributed by atoms with Crippen LogP contribution in [0.4, 0.5) is 5.69 Å². The Bertz CT molecular complexity index is 1370. The highest BCUT2D eigenvalue weighted by atomic mass is 32.1. The summed E-state index contributed by atoms with van der Waals surface area (Å²) in [7, 11) is 1.66. The van der Waals surface area contributed by atoms with Gasteiger partial charge in [0, 0.05) is 11.4 Å². The monoisotopic (exact) mass is 488 g/mol. The van der Waals surface area contributed by atoms with Crippen LogP contribution in [-0.2, 0) is 0 Å². The fourth-order valence-corrected chi connectivity index (χ4v) is 5.33. The van der Waals surface area contributed by atoms with E-state index in [-0.39, 0.29) is 6.04 Å². The largest absolute Gasteiger partial charge is 0.497 e. The average Bonchev–Trinajstić information content (AvgIpc) is 3.50. The standard InChI is InChI=1S/C26H24N4O2S2/c1-15-11-16(2)13-19(12-15)30-17(3)22(25-28-24(29-32-25)21-9-6-10-34-21)23(27-26(30)33)18-7-5-8-20(14-18)31-4/h5-14,23H,1-4H3,(H,27,33). The molecule has 1 atom stereocenters. The second-order valence-electron chi connectivity index (χ2n) is 8.24. The molecule has 0 bridgehead atoms. The van der Waals surface area contributed by atoms with Gasteiger partial charge in [-0.25, -0.2) is 0 Å². The van der Waals surface area contributed by atoms with Gasteiger partial charge in [0.2, 0.25) is 5.82 Å². The van der Waals surface area contributed by atoms with E-state index in [0.29, 0.717) is 16.8 Å². The number of thiocarbonyl (C=S) groups is 1. The van der Waals surface area contributed by atoms with Gasteiger partial charge in [-0.3, -0.25) is 4.90 Å². The summed E-state index contributed by atoms with van der Waals surface area (Å²) in [6.45, 7) is 6.21. The minimum Gasteiger partial charge on any atom is -0.497 e. The molecule has 172 valence electrons. The topological polar surface area (TPSA) is 63.4 Å². The molecule has 0 amide bonds. The second-order valence-corrected chi connectivity index (χ2v) is 9.57. The normalized spacial score (nSPS) is 16.1. The molecular weight excluding hydrogens is 464 g/mol. The Balaban J connectivity index is 1.68. The van der Waals surface area contributed by atoms with Gasteiger partial charge in [-0.2, -0.15) is 4.98 Å². The number of nitrogens with one attached hydrogen (secondary N) is 1. The zero-order valence-corrected chi connectivity index (χ0v) is 21.0. The minimum atomic E-state index is -0.276. The van der Waals surface area contributed by atoms with E-state index in [1.165, 1.54) is 11.1 Å². The van der Waals surface area contributed by atoms with Crippen LogP contribution < -0.4 is 15.0 Å². The van der Waals surface area contributed by atoms with Crippen LogP contribution in [0.15, 0.2) is 70.2 Å². The number of methoxy groups -OCH3 is 1. The Morgan fingerprint density at radius 3 is 2.56 bits per heavy atom. The van der Waals surface area contributed by atoms with Crippen LogP contribution >= 0.6 is 23.6 Å². The first-order valence-electron chi connectivity index (χ1n) is 10.9. The number of anilines is 1. The summed E-state index contributed by atoms with van der Waals surface area (Å²) < 4.78 is 11.3. The molecule has 0 saturated heterocycles. The van der Waals surface area contributed by atoms with E-state index in [1.54, 1.807) is 18.4 Å². The van der Waals surface area contributed by atoms with E-state index in [0.717, 1.165) is 33.1 Å². The van der Waals surface area contributed by atoms with Gasteiger partial charge in [0.05, 0.1) is 23.6 Å². The molecule has 1 N–H and O–H groups in total. The fourth-order valence-electron chi connectivity index (χ4n) is 4.32. The van der Waals surface area contributed by atoms with Crippen molar-refractivity contribution in [1.29, 1.82) is 0 Å². The molecule has 2 aromatic heterocycles. The molecule has 1 aliphatic rings. The van der Waals surface area contributed by atoms with Crippen molar-refractivity contribution in [2.45, 2.75) is 26.8 Å². The number of ether oxygens (including phenoxy) is 1. The summed E-state index contributed by atoms with van der Waals surface area (Å²) in [5.74, 6) is 1.79. The Morgan fingerprint density at radius 1 is 1.06 bits per heavy atom. The van der Waals surface area contributed by atoms with E-state index in [2.05, 4.69) is 42.5 Å². The molecule has 1 unspecified atom stereocenters. The summed E-state index contributed by atoms with van der Waals surface area (Å²) in [4.78, 5) is 7.76. The number of hydrogen-bond acceptors (Lipinski definition) is 6. The summed E-state index contributed by atoms with van der Waals surface area (Å²) in [5, 5.41) is 10.4. The van der Waals surface area contributed by atoms with Gasteiger partial charge in [-0.15, -0.1) is 11.3 Å². The Labute approximate surface area is 207 Å². The second kappa shape index (κ2) is 9.04. The maximum Gasteiger partial charge on any atom is 0.258 e. The predicted octanol–water partition coefficient (Wildman–Crippen LogP) is 6.29. The van der Waals surface area contributed by atoms with Crippen molar-refractivity contribution in [1.82, 2.24) is 15.5 Å². The Hall–Kier alpha value is -3.49. The first-order chi connectivity index (χ1) is 16.4. The molecule has 0 saturated carbocycles. The lowest BCUT2D eigenvalue weighted by atomic mass is 9.94. The molecule has 4 aromatic rings. The summed E-state index contributed by atoms with van der Waals surface area (Å²) in [6.07, 6.45) is 0. The van der Waals surface area contributed by atoms with Crippen molar-refractivity contribution in [3.63, 3.8) is 0 Å². The highest BCUT2D eigenvalue weighted by Gasteiger charge is 2.35. The number of allylic oxidation sites excluding steroid dienone is 1. The van der Waals surface area contributed by atoms with Crippen LogP contribution in [-0.4, -0.2) is 22.4 Å². The SMILES string of the molecule is COc1cccc(C2NC(=S)N(c3cc(C)cc(C)c3)C(C)=C2c2nc(-c3cccs3)no2)c1. The zero-order chi connectivity index (χ0) is 23.8. The van der Waals surface area contributed by atoms with Gasteiger partial charge < -0.3 is 14.6 Å². The van der Waals surface area contributed by atoms with Crippen LogP contribution in [0.2, 0.25) is 0 Å². The molecular formula is C26H24N4O2S2. The Kier molecular flexibility index (Phi) is 5.93. The molecule has 2 aromatic carbocycles. The number of rotatable bonds is 5. The number of hydrogen-bond donors (Lipinski definition) is 1. The number of aryl methyl sites for hydroxylation is 2. The molecule has 5 rings (SSSR count). The quantitative estimate of drug-likeness (QED) is 0.331. The maximum absolute atomic E-state index is 5.87. The maximum atomic E-state index is 5.87. The molecule has 8 heteroatoms. The van der Waals surface area contributed by atoms with Crippen molar-refractivity contribution in [2.75, 3.05) is 12.0 Å². The molecule has 0 aliphatic carbocycles. The molecule has 0 radical (unpaired) electrons. The van der Waals surface area contributed by atoms with Crippen molar-refractivity contribution in [3.05, 3.63) is 88.3 Å². The van der Waals surface area contributed by atoms with Gasteiger partial charge in [0.1, 0.15) is 5.75 Å². The summed E-state index contributed by atoms with van der Waals surface area (Å²) in [5.41, 5.74) is 6.12. The lowest BCUT2D eigenvalue weighted by Crippen LogP contribution is -2.46. The van der Waals surface area contributed by atoms with E-state index < -0.39 is 0 Å². The van der Waals surface area contributed by atoms with Crippen molar-refractivity contribution >= 4 is 39.9 Å². The third-order valence-electron chi connectivity index (χ3n) is 5.77. The molecule has 1 aliphatic heterocycles. The lowest BCUT2D eigenvalue weighted by Gasteiger charge is -2.37. The van der Waals surface area contributed by atoms with Crippen LogP contribution in [0, 0.1) is 13.8 Å². The third-order valence-corrected chi connectivity index (χ3v) is 6.94. The predicted molar refractivity (Wildman–Crippen MR) is 140 cm³/mol. The Morgan fingerprint density at radius 2 is 1.85 bits per heavy atom. The number of aromatic nitrogens is 2. The molecule has 0 spiro atoms. The van der Waals surface area contributed by atoms with Gasteiger partial charge in [-0.1, -0.05) is 29.4 Å². The van der Waals surface area contributed by atoms with Crippen LogP contribution in [0.25, 0.3) is 16.3 Å². The number of benzene rings is 2. The van der Waals surface area contributed by atoms with Crippen LogP contribution in [0.1, 0.15) is 35.5 Å². The summed E-state index contributed by atoms with van der Waals surface area (Å²) in [6, 6.07) is 18.0. The third kappa shape index (κ3) is 4.10.